The molecule has 0 saturated heterocycles. The molecule has 0 spiro atoms. The van der Waals surface area contributed by atoms with Gasteiger partial charge < -0.3 is 19.5 Å². The third-order valence-electron chi connectivity index (χ3n) is 3.62. The highest BCUT2D eigenvalue weighted by Gasteiger charge is 2.39. The minimum absolute atomic E-state index is 0.00534. The Kier molecular flexibility index (Phi) is 7.63. The van der Waals surface area contributed by atoms with Crippen molar-refractivity contribution in [3.05, 3.63) is 39.2 Å². The Morgan fingerprint density at radius 2 is 2.26 bits per heavy atom. The normalized spacial score (nSPS) is 15.1. The second-order valence-electron chi connectivity index (χ2n) is 5.20. The first kappa shape index (κ1) is 21.2. The van der Waals surface area contributed by atoms with Gasteiger partial charge >= 0.3 is 13.1 Å². The van der Waals surface area contributed by atoms with Crippen LogP contribution in [-0.4, -0.2) is 40.5 Å². The van der Waals surface area contributed by atoms with E-state index in [1.807, 2.05) is 13.8 Å². The van der Waals surface area contributed by atoms with Gasteiger partial charge in [0.1, 0.15) is 27.9 Å². The van der Waals surface area contributed by atoms with Crippen LogP contribution in [0.1, 0.15) is 35.5 Å². The van der Waals surface area contributed by atoms with E-state index < -0.39 is 13.1 Å². The van der Waals surface area contributed by atoms with Gasteiger partial charge in [-0.3, -0.25) is 0 Å². The summed E-state index contributed by atoms with van der Waals surface area (Å²) >= 11 is 2.67. The van der Waals surface area contributed by atoms with E-state index in [-0.39, 0.29) is 28.8 Å². The zero-order chi connectivity index (χ0) is 20.0. The van der Waals surface area contributed by atoms with E-state index in [1.54, 1.807) is 17.5 Å². The Labute approximate surface area is 165 Å². The standard InChI is InChI=1S/C14H13BN2O6S2.C2H6/c1-22-9-3-2-7-4-10(15(20)23-12(7)11(9)13(18)19)25-14-17-8(5-16-21)6-24-14;1-2/h2-3,6,10,20H,4-5H2,1H3,(H,18,19);1-2H3. The summed E-state index contributed by atoms with van der Waals surface area (Å²) < 4.78 is 11.2. The van der Waals surface area contributed by atoms with Gasteiger partial charge in [0.15, 0.2) is 0 Å². The minimum Gasteiger partial charge on any atom is -0.534 e. The second-order valence-corrected chi connectivity index (χ2v) is 7.54. The molecule has 1 unspecified atom stereocenters. The van der Waals surface area contributed by atoms with E-state index in [0.717, 1.165) is 0 Å². The van der Waals surface area contributed by atoms with Crippen LogP contribution in [-0.2, 0) is 13.0 Å². The van der Waals surface area contributed by atoms with Crippen LogP contribution < -0.4 is 9.39 Å². The molecule has 1 atom stereocenters. The number of thioether (sulfide) groups is 1. The first-order chi connectivity index (χ1) is 13.0. The smallest absolute Gasteiger partial charge is 0.534 e. The predicted octanol–water partition coefficient (Wildman–Crippen LogP) is 3.26. The quantitative estimate of drug-likeness (QED) is 0.550. The molecule has 0 fully saturated rings. The van der Waals surface area contributed by atoms with Gasteiger partial charge in [0.05, 0.1) is 18.0 Å². The molecule has 0 aliphatic carbocycles. The van der Waals surface area contributed by atoms with Crippen molar-refractivity contribution in [1.29, 1.82) is 0 Å². The van der Waals surface area contributed by atoms with E-state index in [1.165, 1.54) is 30.2 Å². The van der Waals surface area contributed by atoms with Crippen molar-refractivity contribution in [2.45, 2.75) is 36.3 Å². The van der Waals surface area contributed by atoms with Crippen LogP contribution in [0.2, 0.25) is 0 Å². The maximum atomic E-state index is 11.5. The van der Waals surface area contributed by atoms with Crippen molar-refractivity contribution in [1.82, 2.24) is 4.98 Å². The number of aromatic carboxylic acids is 1. The molecule has 0 saturated carbocycles. The molecule has 27 heavy (non-hydrogen) atoms. The monoisotopic (exact) mass is 410 g/mol. The lowest BCUT2D eigenvalue weighted by Crippen LogP contribution is -2.40. The summed E-state index contributed by atoms with van der Waals surface area (Å²) in [7, 11) is 0.180. The number of benzene rings is 1. The molecule has 1 aliphatic rings. The molecule has 1 aromatic carbocycles. The van der Waals surface area contributed by atoms with Crippen molar-refractivity contribution in [2.24, 2.45) is 5.18 Å². The Bertz CT molecular complexity index is 816. The number of carbonyl (C=O) groups is 1. The van der Waals surface area contributed by atoms with E-state index in [4.69, 9.17) is 9.39 Å². The molecule has 2 aromatic rings. The van der Waals surface area contributed by atoms with Gasteiger partial charge in [-0.1, -0.05) is 36.9 Å². The maximum Gasteiger partial charge on any atom is 0.537 e. The second kappa shape index (κ2) is 9.72. The number of carboxylic acids is 1. The molecule has 0 radical (unpaired) electrons. The molecule has 2 N–H and O–H groups in total. The number of fused-ring (bicyclic) bond motifs is 1. The number of ether oxygens (including phenoxy) is 1. The van der Waals surface area contributed by atoms with Gasteiger partial charge in [0.2, 0.25) is 0 Å². The fourth-order valence-electron chi connectivity index (χ4n) is 2.50. The number of nitrogens with zero attached hydrogens (tertiary/aromatic N) is 2. The number of hydrogen-bond donors (Lipinski definition) is 2. The average molecular weight is 410 g/mol. The van der Waals surface area contributed by atoms with Crippen LogP contribution in [0.5, 0.6) is 11.5 Å². The third-order valence-corrected chi connectivity index (χ3v) is 5.88. The molecular weight excluding hydrogens is 391 g/mol. The minimum atomic E-state index is -1.20. The van der Waals surface area contributed by atoms with E-state index >= 15 is 0 Å². The van der Waals surface area contributed by atoms with Crippen molar-refractivity contribution >= 4 is 36.2 Å². The molecule has 1 aliphatic heterocycles. The molecule has 11 heteroatoms. The first-order valence-electron chi connectivity index (χ1n) is 8.21. The number of rotatable bonds is 6. The average Bonchev–Trinajstić information content (AvgIpc) is 3.10. The molecular formula is C16H19BN2O6S2. The lowest BCUT2D eigenvalue weighted by Gasteiger charge is -2.28. The highest BCUT2D eigenvalue weighted by molar-refractivity contribution is 8.02. The molecule has 0 bridgehead atoms. The van der Waals surface area contributed by atoms with Gasteiger partial charge in [-0.15, -0.1) is 11.3 Å². The van der Waals surface area contributed by atoms with Crippen molar-refractivity contribution in [2.75, 3.05) is 7.11 Å². The fourth-order valence-corrected chi connectivity index (χ4v) is 4.64. The largest absolute Gasteiger partial charge is 0.537 e. The van der Waals surface area contributed by atoms with Gasteiger partial charge in [-0.05, 0) is 18.1 Å². The van der Waals surface area contributed by atoms with E-state index in [0.29, 0.717) is 22.0 Å². The van der Waals surface area contributed by atoms with Gasteiger partial charge in [0.25, 0.3) is 0 Å². The molecule has 1 aromatic heterocycles. The van der Waals surface area contributed by atoms with E-state index in [2.05, 4.69) is 10.2 Å². The lowest BCUT2D eigenvalue weighted by atomic mass is 9.77. The first-order valence-corrected chi connectivity index (χ1v) is 9.97. The zero-order valence-electron chi connectivity index (χ0n) is 15.0. The molecule has 8 nitrogen and oxygen atoms in total. The van der Waals surface area contributed by atoms with Crippen molar-refractivity contribution in [3.8, 4) is 11.5 Å². The summed E-state index contributed by atoms with van der Waals surface area (Å²) in [5.74, 6) is -0.880. The number of thiazole rings is 1. The van der Waals surface area contributed by atoms with Crippen LogP contribution in [0.3, 0.4) is 0 Å². The summed E-state index contributed by atoms with van der Waals surface area (Å²) in [6, 6.07) is 3.30. The predicted molar refractivity (Wildman–Crippen MR) is 105 cm³/mol. The number of methoxy groups -OCH3 is 1. The van der Waals surface area contributed by atoms with Gasteiger partial charge in [0, 0.05) is 5.38 Å². The summed E-state index contributed by atoms with van der Waals surface area (Å²) in [6.07, 6.45) is 0.409. The van der Waals surface area contributed by atoms with E-state index in [9.17, 15) is 19.8 Å². The molecule has 144 valence electrons. The lowest BCUT2D eigenvalue weighted by molar-refractivity contribution is 0.0690. The molecule has 2 heterocycles. The van der Waals surface area contributed by atoms with Crippen molar-refractivity contribution < 1.29 is 24.3 Å². The Balaban J connectivity index is 0.00000126. The highest BCUT2D eigenvalue weighted by atomic mass is 32.2. The Morgan fingerprint density at radius 1 is 1.52 bits per heavy atom. The Hall–Kier alpha value is -2.11. The van der Waals surface area contributed by atoms with Crippen molar-refractivity contribution in [3.63, 3.8) is 0 Å². The van der Waals surface area contributed by atoms with Crippen LogP contribution >= 0.6 is 23.1 Å². The molecule has 0 amide bonds. The zero-order valence-corrected chi connectivity index (χ0v) is 16.7. The highest BCUT2D eigenvalue weighted by Crippen LogP contribution is 2.40. The number of hydrogen-bond acceptors (Lipinski definition) is 9. The fraction of sp³-hybridized carbons (Fsp3) is 0.375. The summed E-state index contributed by atoms with van der Waals surface area (Å²) in [5, 5.41) is 23.9. The summed E-state index contributed by atoms with van der Waals surface area (Å²) in [4.78, 5) is 26.1. The van der Waals surface area contributed by atoms with Crippen LogP contribution in [0, 0.1) is 4.91 Å². The topological polar surface area (TPSA) is 118 Å². The molecule has 3 rings (SSSR count). The summed E-state index contributed by atoms with van der Waals surface area (Å²) in [6.45, 7) is 4.01. The number of aromatic nitrogens is 1. The third kappa shape index (κ3) is 4.79. The van der Waals surface area contributed by atoms with Crippen LogP contribution in [0.4, 0.5) is 0 Å². The number of nitroso groups, excluding NO2 is 1. The SMILES string of the molecule is CC.COc1ccc2c(c1C(=O)O)OB(O)C(Sc1nc(CN=O)cs1)C2. The van der Waals surface area contributed by atoms with Crippen LogP contribution in [0.25, 0.3) is 0 Å². The van der Waals surface area contributed by atoms with Crippen LogP contribution in [0.15, 0.2) is 27.0 Å². The maximum absolute atomic E-state index is 11.5. The number of carboxylic acid groups (broad SMARTS) is 1. The Morgan fingerprint density at radius 3 is 2.89 bits per heavy atom. The van der Waals surface area contributed by atoms with Gasteiger partial charge in [-0.2, -0.15) is 4.91 Å². The van der Waals surface area contributed by atoms with Gasteiger partial charge in [-0.25, -0.2) is 9.78 Å². The summed E-state index contributed by atoms with van der Waals surface area (Å²) in [5.41, 5.74) is 1.15.